The molecule has 0 saturated carbocycles. The van der Waals surface area contributed by atoms with Gasteiger partial charge < -0.3 is 10.2 Å². The Bertz CT molecular complexity index is 1200. The highest BCUT2D eigenvalue weighted by Gasteiger charge is 2.30. The average Bonchev–Trinajstić information content (AvgIpc) is 3.33. The molecule has 3 aromatic rings. The fourth-order valence-electron chi connectivity index (χ4n) is 4.07. The molecule has 11 heteroatoms. The number of benzene rings is 2. The Kier molecular flexibility index (Phi) is 7.96. The Morgan fingerprint density at radius 3 is 2.57 bits per heavy atom. The van der Waals surface area contributed by atoms with Gasteiger partial charge in [-0.3, -0.25) is 9.59 Å². The summed E-state index contributed by atoms with van der Waals surface area (Å²) in [5.74, 6) is -0.968. The van der Waals surface area contributed by atoms with Gasteiger partial charge in [-0.15, -0.1) is 0 Å². The third-order valence-corrected chi connectivity index (χ3v) is 6.64. The minimum Gasteiger partial charge on any atom is -0.342 e. The summed E-state index contributed by atoms with van der Waals surface area (Å²) in [4.78, 5) is 38.7. The molecule has 9 nitrogen and oxygen atoms in total. The van der Waals surface area contributed by atoms with E-state index in [0.29, 0.717) is 37.9 Å². The van der Waals surface area contributed by atoms with E-state index in [2.05, 4.69) is 36.7 Å². The number of nitrogens with one attached hydrogen (secondary N) is 1. The fraction of sp³-hybridized carbons (Fsp3) is 0.333. The van der Waals surface area contributed by atoms with Gasteiger partial charge in [0.15, 0.2) is 5.69 Å². The third-order valence-electron chi connectivity index (χ3n) is 6.03. The molecule has 0 aliphatic carbocycles. The Labute approximate surface area is 209 Å². The van der Waals surface area contributed by atoms with Crippen LogP contribution in [0.4, 0.5) is 10.2 Å². The summed E-state index contributed by atoms with van der Waals surface area (Å²) in [6.07, 6.45) is 1.47. The molecule has 1 saturated heterocycles. The highest BCUT2D eigenvalue weighted by atomic mass is 79.9. The average molecular weight is 544 g/mol. The van der Waals surface area contributed by atoms with Crippen molar-refractivity contribution in [2.75, 3.05) is 18.4 Å². The lowest BCUT2D eigenvalue weighted by Gasteiger charge is -2.31. The smallest absolute Gasteiger partial charge is 0.228 e. The first-order chi connectivity index (χ1) is 16.9. The standard InChI is InChI=1S/C24H23BrFN5O4/c25-18-12-16(6-7-19(18)26)13-20(28-34)22-23(30-35-29-22)27-24(33)17-8-10-31(11-9-17)21(32)14-15-4-2-1-3-5-15/h1-7,12,17,20H,8-11,13-14H2,(H,27,30,33). The molecule has 1 fully saturated rings. The van der Waals surface area contributed by atoms with Crippen LogP contribution in [0.5, 0.6) is 0 Å². The van der Waals surface area contributed by atoms with Crippen LogP contribution in [0.2, 0.25) is 0 Å². The number of hydrogen-bond acceptors (Lipinski definition) is 7. The largest absolute Gasteiger partial charge is 0.342 e. The van der Waals surface area contributed by atoms with E-state index in [-0.39, 0.29) is 40.1 Å². The number of likely N-dealkylation sites (tertiary alicyclic amines) is 1. The molecule has 1 aliphatic heterocycles. The second kappa shape index (κ2) is 11.3. The predicted molar refractivity (Wildman–Crippen MR) is 129 cm³/mol. The molecular formula is C24H23BrFN5O4. The molecule has 1 aromatic heterocycles. The minimum absolute atomic E-state index is 0.0309. The molecule has 1 atom stereocenters. The van der Waals surface area contributed by atoms with E-state index in [1.165, 1.54) is 12.1 Å². The Morgan fingerprint density at radius 2 is 1.89 bits per heavy atom. The number of carbonyl (C=O) groups excluding carboxylic acids is 2. The van der Waals surface area contributed by atoms with Crippen LogP contribution < -0.4 is 5.32 Å². The summed E-state index contributed by atoms with van der Waals surface area (Å²) in [6, 6.07) is 12.9. The van der Waals surface area contributed by atoms with Gasteiger partial charge in [0.2, 0.25) is 17.6 Å². The van der Waals surface area contributed by atoms with Crippen molar-refractivity contribution in [2.24, 2.45) is 11.1 Å². The van der Waals surface area contributed by atoms with E-state index in [1.807, 2.05) is 30.3 Å². The number of nitroso groups, excluding NO2 is 1. The molecule has 0 radical (unpaired) electrons. The van der Waals surface area contributed by atoms with Crippen LogP contribution in [-0.2, 0) is 22.4 Å². The molecule has 4 rings (SSSR count). The van der Waals surface area contributed by atoms with E-state index in [1.54, 1.807) is 11.0 Å². The van der Waals surface area contributed by atoms with Crippen molar-refractivity contribution in [3.63, 3.8) is 0 Å². The highest BCUT2D eigenvalue weighted by Crippen LogP contribution is 2.29. The lowest BCUT2D eigenvalue weighted by molar-refractivity contribution is -0.133. The van der Waals surface area contributed by atoms with Gasteiger partial charge in [0.05, 0.1) is 10.9 Å². The van der Waals surface area contributed by atoms with Crippen molar-refractivity contribution in [2.45, 2.75) is 31.7 Å². The van der Waals surface area contributed by atoms with E-state index in [9.17, 15) is 18.9 Å². The van der Waals surface area contributed by atoms with Crippen molar-refractivity contribution in [1.82, 2.24) is 15.2 Å². The van der Waals surface area contributed by atoms with E-state index in [4.69, 9.17) is 4.63 Å². The zero-order chi connectivity index (χ0) is 24.8. The molecular weight excluding hydrogens is 521 g/mol. The van der Waals surface area contributed by atoms with Crippen molar-refractivity contribution in [3.05, 3.63) is 80.5 Å². The Morgan fingerprint density at radius 1 is 1.14 bits per heavy atom. The van der Waals surface area contributed by atoms with Gasteiger partial charge in [-0.05, 0) is 57.2 Å². The monoisotopic (exact) mass is 543 g/mol. The minimum atomic E-state index is -0.980. The fourth-order valence-corrected chi connectivity index (χ4v) is 4.49. The summed E-state index contributed by atoms with van der Waals surface area (Å²) in [7, 11) is 0. The zero-order valence-corrected chi connectivity index (χ0v) is 20.3. The topological polar surface area (TPSA) is 118 Å². The lowest BCUT2D eigenvalue weighted by Crippen LogP contribution is -2.42. The molecule has 35 heavy (non-hydrogen) atoms. The van der Waals surface area contributed by atoms with Crippen molar-refractivity contribution >= 4 is 33.6 Å². The van der Waals surface area contributed by atoms with E-state index < -0.39 is 11.9 Å². The number of halogens is 2. The molecule has 0 spiro atoms. The number of carbonyl (C=O) groups is 2. The van der Waals surface area contributed by atoms with Crippen molar-refractivity contribution in [1.29, 1.82) is 0 Å². The molecule has 1 aliphatic rings. The van der Waals surface area contributed by atoms with Crippen LogP contribution in [-0.4, -0.2) is 40.1 Å². The molecule has 1 N–H and O–H groups in total. The molecule has 182 valence electrons. The van der Waals surface area contributed by atoms with Crippen molar-refractivity contribution < 1.29 is 18.6 Å². The van der Waals surface area contributed by atoms with Crippen LogP contribution in [0.15, 0.2) is 62.8 Å². The van der Waals surface area contributed by atoms with Gasteiger partial charge in [0.1, 0.15) is 11.9 Å². The first-order valence-electron chi connectivity index (χ1n) is 11.2. The molecule has 2 amide bonds. The number of piperidine rings is 1. The predicted octanol–water partition coefficient (Wildman–Crippen LogP) is 4.44. The Balaban J connectivity index is 1.33. The van der Waals surface area contributed by atoms with E-state index in [0.717, 1.165) is 5.56 Å². The number of hydrogen-bond donors (Lipinski definition) is 1. The van der Waals surface area contributed by atoms with Crippen LogP contribution >= 0.6 is 15.9 Å². The van der Waals surface area contributed by atoms with Gasteiger partial charge in [-0.2, -0.15) is 4.91 Å². The summed E-state index contributed by atoms with van der Waals surface area (Å²) < 4.78 is 18.5. The maximum Gasteiger partial charge on any atom is 0.228 e. The number of aromatic nitrogens is 2. The SMILES string of the molecule is O=NC(Cc1ccc(F)c(Br)c1)c1nonc1NC(=O)C1CCN(C(=O)Cc2ccccc2)CC1. The maximum absolute atomic E-state index is 13.5. The zero-order valence-electron chi connectivity index (χ0n) is 18.7. The highest BCUT2D eigenvalue weighted by molar-refractivity contribution is 9.10. The van der Waals surface area contributed by atoms with Gasteiger partial charge >= 0.3 is 0 Å². The van der Waals surface area contributed by atoms with Gasteiger partial charge in [0.25, 0.3) is 0 Å². The first kappa shape index (κ1) is 24.6. The van der Waals surface area contributed by atoms with Gasteiger partial charge in [-0.25, -0.2) is 9.02 Å². The molecule has 2 heterocycles. The van der Waals surface area contributed by atoms with Crippen molar-refractivity contribution in [3.8, 4) is 0 Å². The second-order valence-corrected chi connectivity index (χ2v) is 9.23. The van der Waals surface area contributed by atoms with Crippen LogP contribution in [0.3, 0.4) is 0 Å². The molecule has 0 bridgehead atoms. The number of amides is 2. The number of anilines is 1. The normalized spacial score (nSPS) is 15.0. The van der Waals surface area contributed by atoms with Crippen LogP contribution in [0, 0.1) is 16.6 Å². The number of rotatable bonds is 8. The maximum atomic E-state index is 13.5. The molecule has 1 unspecified atom stereocenters. The first-order valence-corrected chi connectivity index (χ1v) is 11.9. The quantitative estimate of drug-likeness (QED) is 0.419. The number of nitrogens with zero attached hydrogens (tertiary/aromatic N) is 4. The van der Waals surface area contributed by atoms with Gasteiger partial charge in [0, 0.05) is 25.4 Å². The summed E-state index contributed by atoms with van der Waals surface area (Å²) in [5, 5.41) is 13.3. The summed E-state index contributed by atoms with van der Waals surface area (Å²) >= 11 is 3.12. The Hall–Kier alpha value is -3.47. The summed E-state index contributed by atoms with van der Waals surface area (Å²) in [5.41, 5.74) is 1.70. The third kappa shape index (κ3) is 6.16. The lowest BCUT2D eigenvalue weighted by atomic mass is 9.95. The summed E-state index contributed by atoms with van der Waals surface area (Å²) in [6.45, 7) is 0.956. The van der Waals surface area contributed by atoms with Crippen LogP contribution in [0.25, 0.3) is 0 Å². The second-order valence-electron chi connectivity index (χ2n) is 8.38. The van der Waals surface area contributed by atoms with Crippen LogP contribution in [0.1, 0.15) is 35.7 Å². The van der Waals surface area contributed by atoms with E-state index >= 15 is 0 Å². The molecule has 2 aromatic carbocycles. The van der Waals surface area contributed by atoms with Gasteiger partial charge in [-0.1, -0.05) is 46.7 Å².